The van der Waals surface area contributed by atoms with E-state index in [2.05, 4.69) is 20.5 Å². The van der Waals surface area contributed by atoms with Crippen molar-refractivity contribution in [2.75, 3.05) is 12.0 Å². The molecule has 0 amide bonds. The zero-order chi connectivity index (χ0) is 18.4. The number of rotatable bonds is 6. The van der Waals surface area contributed by atoms with E-state index in [1.807, 2.05) is 37.3 Å². The van der Waals surface area contributed by atoms with E-state index in [1.54, 1.807) is 12.1 Å². The predicted molar refractivity (Wildman–Crippen MR) is 101 cm³/mol. The molecule has 7 heteroatoms. The van der Waals surface area contributed by atoms with Gasteiger partial charge < -0.3 is 9.84 Å². The van der Waals surface area contributed by atoms with Crippen LogP contribution >= 0.6 is 0 Å². The fourth-order valence-electron chi connectivity index (χ4n) is 2.32. The van der Waals surface area contributed by atoms with Gasteiger partial charge in [-0.1, -0.05) is 30.3 Å². The van der Waals surface area contributed by atoms with Gasteiger partial charge in [-0.3, -0.25) is 9.78 Å². The van der Waals surface area contributed by atoms with Crippen LogP contribution < -0.4 is 15.7 Å². The Balaban J connectivity index is 1.78. The number of H-pyrrole nitrogens is 1. The SMILES string of the molecule is CCOc1cc(/C=N\Nc2nc(-c3ccccc3)cc(=O)[nH]2)ccc1O. The van der Waals surface area contributed by atoms with Crippen molar-refractivity contribution in [2.24, 2.45) is 5.10 Å². The van der Waals surface area contributed by atoms with E-state index >= 15 is 0 Å². The Morgan fingerprint density at radius 2 is 2.04 bits per heavy atom. The first kappa shape index (κ1) is 17.2. The number of aromatic nitrogens is 2. The van der Waals surface area contributed by atoms with E-state index in [0.717, 1.165) is 11.1 Å². The Hall–Kier alpha value is -3.61. The first-order chi connectivity index (χ1) is 12.7. The highest BCUT2D eigenvalue weighted by Gasteiger charge is 2.04. The summed E-state index contributed by atoms with van der Waals surface area (Å²) in [5.74, 6) is 0.684. The lowest BCUT2D eigenvalue weighted by atomic mass is 10.1. The largest absolute Gasteiger partial charge is 0.504 e. The van der Waals surface area contributed by atoms with E-state index < -0.39 is 0 Å². The summed E-state index contributed by atoms with van der Waals surface area (Å²) in [5, 5.41) is 13.8. The molecule has 26 heavy (non-hydrogen) atoms. The molecule has 0 atom stereocenters. The van der Waals surface area contributed by atoms with Crippen molar-refractivity contribution in [2.45, 2.75) is 6.92 Å². The lowest BCUT2D eigenvalue weighted by Gasteiger charge is -2.06. The third kappa shape index (κ3) is 4.27. The summed E-state index contributed by atoms with van der Waals surface area (Å²) in [7, 11) is 0. The van der Waals surface area contributed by atoms with Gasteiger partial charge in [0.05, 0.1) is 18.5 Å². The van der Waals surface area contributed by atoms with Crippen LogP contribution in [-0.2, 0) is 0 Å². The topological polar surface area (TPSA) is 99.6 Å². The Morgan fingerprint density at radius 1 is 1.23 bits per heavy atom. The van der Waals surface area contributed by atoms with E-state index in [9.17, 15) is 9.90 Å². The van der Waals surface area contributed by atoms with Gasteiger partial charge >= 0.3 is 0 Å². The maximum absolute atomic E-state index is 11.8. The number of hydrogen-bond donors (Lipinski definition) is 3. The summed E-state index contributed by atoms with van der Waals surface area (Å²) >= 11 is 0. The molecular weight excluding hydrogens is 332 g/mol. The molecule has 0 saturated carbocycles. The monoisotopic (exact) mass is 350 g/mol. The highest BCUT2D eigenvalue weighted by Crippen LogP contribution is 2.26. The second-order valence-corrected chi connectivity index (χ2v) is 5.38. The molecule has 3 N–H and O–H groups in total. The molecule has 7 nitrogen and oxygen atoms in total. The van der Waals surface area contributed by atoms with Crippen LogP contribution in [0.3, 0.4) is 0 Å². The molecule has 0 aliphatic heterocycles. The van der Waals surface area contributed by atoms with E-state index in [0.29, 0.717) is 18.1 Å². The van der Waals surface area contributed by atoms with Crippen molar-refractivity contribution < 1.29 is 9.84 Å². The third-order valence-corrected chi connectivity index (χ3v) is 3.48. The summed E-state index contributed by atoms with van der Waals surface area (Å²) in [6.45, 7) is 2.29. The standard InChI is InChI=1S/C19H18N4O3/c1-2-26-17-10-13(8-9-16(17)24)12-20-23-19-21-15(11-18(25)22-19)14-6-4-3-5-7-14/h3-12,24H,2H2,1H3,(H2,21,22,23,25)/b20-12-. The number of hydrazone groups is 1. The normalized spacial score (nSPS) is 10.8. The van der Waals surface area contributed by atoms with Crippen LogP contribution in [-0.4, -0.2) is 27.9 Å². The van der Waals surface area contributed by atoms with Crippen LogP contribution in [0.15, 0.2) is 64.5 Å². The summed E-state index contributed by atoms with van der Waals surface area (Å²) in [5.41, 5.74) is 4.54. The van der Waals surface area contributed by atoms with Gasteiger partial charge in [0.1, 0.15) is 0 Å². The van der Waals surface area contributed by atoms with Gasteiger partial charge in [0.15, 0.2) is 11.5 Å². The Morgan fingerprint density at radius 3 is 2.81 bits per heavy atom. The number of nitrogens with one attached hydrogen (secondary N) is 2. The zero-order valence-electron chi connectivity index (χ0n) is 14.1. The van der Waals surface area contributed by atoms with Crippen LogP contribution in [0.1, 0.15) is 12.5 Å². The molecule has 0 unspecified atom stereocenters. The molecule has 0 spiro atoms. The van der Waals surface area contributed by atoms with Crippen LogP contribution in [0.5, 0.6) is 11.5 Å². The quantitative estimate of drug-likeness (QED) is 0.469. The minimum Gasteiger partial charge on any atom is -0.504 e. The number of hydrogen-bond acceptors (Lipinski definition) is 6. The second-order valence-electron chi connectivity index (χ2n) is 5.38. The van der Waals surface area contributed by atoms with Crippen LogP contribution in [0.4, 0.5) is 5.95 Å². The Labute approximate surface area is 150 Å². The lowest BCUT2D eigenvalue weighted by Crippen LogP contribution is -2.10. The molecule has 0 radical (unpaired) electrons. The summed E-state index contributed by atoms with van der Waals surface area (Å²) < 4.78 is 5.33. The molecule has 3 aromatic rings. The van der Waals surface area contributed by atoms with E-state index in [4.69, 9.17) is 4.74 Å². The lowest BCUT2D eigenvalue weighted by molar-refractivity contribution is 0.318. The van der Waals surface area contributed by atoms with Gasteiger partial charge in [0.25, 0.3) is 5.56 Å². The molecule has 0 saturated heterocycles. The van der Waals surface area contributed by atoms with Crippen molar-refractivity contribution in [3.05, 3.63) is 70.5 Å². The van der Waals surface area contributed by atoms with Crippen molar-refractivity contribution in [3.8, 4) is 22.8 Å². The van der Waals surface area contributed by atoms with E-state index in [-0.39, 0.29) is 17.3 Å². The summed E-state index contributed by atoms with van der Waals surface area (Å²) in [6.07, 6.45) is 1.54. The van der Waals surface area contributed by atoms with E-state index in [1.165, 1.54) is 18.3 Å². The van der Waals surface area contributed by atoms with Gasteiger partial charge in [-0.15, -0.1) is 0 Å². The molecule has 3 rings (SSSR count). The molecule has 0 aliphatic carbocycles. The molecule has 132 valence electrons. The second kappa shape index (κ2) is 7.98. The average Bonchev–Trinajstić information content (AvgIpc) is 2.65. The minimum absolute atomic E-state index is 0.0681. The number of aromatic hydroxyl groups is 1. The maximum Gasteiger partial charge on any atom is 0.252 e. The first-order valence-electron chi connectivity index (χ1n) is 8.07. The molecule has 1 heterocycles. The number of anilines is 1. The highest BCUT2D eigenvalue weighted by molar-refractivity contribution is 5.81. The van der Waals surface area contributed by atoms with Gasteiger partial charge in [-0.2, -0.15) is 5.10 Å². The number of benzene rings is 2. The summed E-state index contributed by atoms with van der Waals surface area (Å²) in [6, 6.07) is 15.7. The number of phenolic OH excluding ortho intramolecular Hbond substituents is 1. The van der Waals surface area contributed by atoms with Crippen LogP contribution in [0, 0.1) is 0 Å². The van der Waals surface area contributed by atoms with Crippen molar-refractivity contribution in [1.82, 2.24) is 9.97 Å². The third-order valence-electron chi connectivity index (χ3n) is 3.48. The molecule has 2 aromatic carbocycles. The van der Waals surface area contributed by atoms with Gasteiger partial charge in [0, 0.05) is 11.6 Å². The summed E-state index contributed by atoms with van der Waals surface area (Å²) in [4.78, 5) is 18.8. The van der Waals surface area contributed by atoms with Crippen LogP contribution in [0.25, 0.3) is 11.3 Å². The van der Waals surface area contributed by atoms with Crippen molar-refractivity contribution >= 4 is 12.2 Å². The van der Waals surface area contributed by atoms with Crippen LogP contribution in [0.2, 0.25) is 0 Å². The average molecular weight is 350 g/mol. The minimum atomic E-state index is -0.278. The fourth-order valence-corrected chi connectivity index (χ4v) is 2.32. The zero-order valence-corrected chi connectivity index (χ0v) is 14.1. The number of ether oxygens (including phenoxy) is 1. The Kier molecular flexibility index (Phi) is 5.28. The fraction of sp³-hybridized carbons (Fsp3) is 0.105. The number of nitrogens with zero attached hydrogens (tertiary/aromatic N) is 2. The molecule has 0 bridgehead atoms. The van der Waals surface area contributed by atoms with Crippen molar-refractivity contribution in [3.63, 3.8) is 0 Å². The highest BCUT2D eigenvalue weighted by atomic mass is 16.5. The van der Waals surface area contributed by atoms with Crippen molar-refractivity contribution in [1.29, 1.82) is 0 Å². The van der Waals surface area contributed by atoms with Gasteiger partial charge in [-0.25, -0.2) is 10.4 Å². The molecule has 0 fully saturated rings. The van der Waals surface area contributed by atoms with Gasteiger partial charge in [0.2, 0.25) is 5.95 Å². The predicted octanol–water partition coefficient (Wildman–Crippen LogP) is 2.99. The number of aromatic amines is 1. The first-order valence-corrected chi connectivity index (χ1v) is 8.07. The smallest absolute Gasteiger partial charge is 0.252 e. The molecule has 1 aromatic heterocycles. The Bertz CT molecular complexity index is 968. The molecular formula is C19H18N4O3. The molecule has 0 aliphatic rings. The van der Waals surface area contributed by atoms with Gasteiger partial charge in [-0.05, 0) is 30.7 Å². The maximum atomic E-state index is 11.8. The number of phenols is 1.